The van der Waals surface area contributed by atoms with E-state index in [-0.39, 0.29) is 11.6 Å². The Kier molecular flexibility index (Phi) is 6.09. The maximum absolute atomic E-state index is 13.8. The predicted molar refractivity (Wildman–Crippen MR) is 112 cm³/mol. The van der Waals surface area contributed by atoms with Gasteiger partial charge in [0.1, 0.15) is 11.6 Å². The monoisotopic (exact) mass is 426 g/mol. The Hall–Kier alpha value is -3.19. The SMILES string of the molecule is Fc1cccc(-n2cc(-c3ccccc3)nc2SCc2ccc(OC(F)F)cc2)c1. The van der Waals surface area contributed by atoms with Crippen LogP contribution in [0.15, 0.2) is 90.2 Å². The number of nitrogens with zero attached hydrogens (tertiary/aromatic N) is 2. The van der Waals surface area contributed by atoms with Crippen molar-refractivity contribution >= 4 is 11.8 Å². The molecule has 1 heterocycles. The molecule has 0 aliphatic rings. The second-order valence-corrected chi connectivity index (χ2v) is 7.38. The van der Waals surface area contributed by atoms with Crippen molar-refractivity contribution in [3.63, 3.8) is 0 Å². The molecule has 30 heavy (non-hydrogen) atoms. The van der Waals surface area contributed by atoms with Crippen molar-refractivity contribution in [2.75, 3.05) is 0 Å². The van der Waals surface area contributed by atoms with Gasteiger partial charge in [0, 0.05) is 17.5 Å². The van der Waals surface area contributed by atoms with Gasteiger partial charge in [0.25, 0.3) is 0 Å². The number of ether oxygens (including phenoxy) is 1. The van der Waals surface area contributed by atoms with Crippen molar-refractivity contribution in [2.24, 2.45) is 0 Å². The van der Waals surface area contributed by atoms with E-state index in [1.807, 2.05) is 47.2 Å². The average molecular weight is 426 g/mol. The van der Waals surface area contributed by atoms with Crippen LogP contribution < -0.4 is 4.74 Å². The van der Waals surface area contributed by atoms with E-state index in [1.165, 1.54) is 36.0 Å². The second kappa shape index (κ2) is 9.09. The molecule has 3 nitrogen and oxygen atoms in total. The summed E-state index contributed by atoms with van der Waals surface area (Å²) in [5.74, 6) is 0.356. The summed E-state index contributed by atoms with van der Waals surface area (Å²) in [5, 5.41) is 0.701. The van der Waals surface area contributed by atoms with E-state index >= 15 is 0 Å². The van der Waals surface area contributed by atoms with Crippen molar-refractivity contribution in [3.8, 4) is 22.7 Å². The van der Waals surface area contributed by atoms with Crippen LogP contribution in [0.1, 0.15) is 5.56 Å². The number of alkyl halides is 2. The lowest BCUT2D eigenvalue weighted by Gasteiger charge is -2.08. The number of aromatic nitrogens is 2. The highest BCUT2D eigenvalue weighted by Crippen LogP contribution is 2.30. The Morgan fingerprint density at radius 2 is 1.70 bits per heavy atom. The summed E-state index contributed by atoms with van der Waals surface area (Å²) >= 11 is 1.48. The summed E-state index contributed by atoms with van der Waals surface area (Å²) < 4.78 is 44.6. The lowest BCUT2D eigenvalue weighted by molar-refractivity contribution is -0.0498. The van der Waals surface area contributed by atoms with Crippen molar-refractivity contribution < 1.29 is 17.9 Å². The summed E-state index contributed by atoms with van der Waals surface area (Å²) in [6.07, 6.45) is 1.88. The molecule has 0 aliphatic heterocycles. The molecule has 0 amide bonds. The zero-order valence-electron chi connectivity index (χ0n) is 15.7. The standard InChI is InChI=1S/C23H17F3N2OS/c24-18-7-4-8-19(13-18)28-14-21(17-5-2-1-3-6-17)27-23(28)30-15-16-9-11-20(12-10-16)29-22(25)26/h1-14,22H,15H2. The third kappa shape index (κ3) is 4.86. The number of rotatable bonds is 7. The van der Waals surface area contributed by atoms with E-state index in [4.69, 9.17) is 4.98 Å². The molecule has 4 rings (SSSR count). The minimum Gasteiger partial charge on any atom is -0.435 e. The third-order valence-electron chi connectivity index (χ3n) is 4.35. The molecule has 152 valence electrons. The molecule has 0 bridgehead atoms. The van der Waals surface area contributed by atoms with Gasteiger partial charge < -0.3 is 4.74 Å². The van der Waals surface area contributed by atoms with E-state index in [0.29, 0.717) is 16.6 Å². The van der Waals surface area contributed by atoms with Crippen LogP contribution in [0.3, 0.4) is 0 Å². The lowest BCUT2D eigenvalue weighted by atomic mass is 10.2. The van der Waals surface area contributed by atoms with Gasteiger partial charge in [0.2, 0.25) is 0 Å². The van der Waals surface area contributed by atoms with Crippen LogP contribution in [-0.4, -0.2) is 16.2 Å². The van der Waals surface area contributed by atoms with Gasteiger partial charge in [0.15, 0.2) is 5.16 Å². The Morgan fingerprint density at radius 3 is 2.40 bits per heavy atom. The minimum absolute atomic E-state index is 0.117. The molecule has 0 aliphatic carbocycles. The molecule has 0 spiro atoms. The first kappa shape index (κ1) is 20.1. The van der Waals surface area contributed by atoms with E-state index in [9.17, 15) is 13.2 Å². The van der Waals surface area contributed by atoms with Gasteiger partial charge in [-0.3, -0.25) is 4.57 Å². The number of halogens is 3. The molecule has 0 unspecified atom stereocenters. The Morgan fingerprint density at radius 1 is 0.933 bits per heavy atom. The van der Waals surface area contributed by atoms with Crippen LogP contribution in [-0.2, 0) is 5.75 Å². The van der Waals surface area contributed by atoms with Gasteiger partial charge in [-0.25, -0.2) is 9.37 Å². The Bertz CT molecular complexity index is 1120. The molecule has 0 atom stereocenters. The molecule has 0 N–H and O–H groups in total. The van der Waals surface area contributed by atoms with Crippen molar-refractivity contribution in [2.45, 2.75) is 17.5 Å². The summed E-state index contributed by atoms with van der Waals surface area (Å²) in [6.45, 7) is -2.85. The zero-order chi connectivity index (χ0) is 20.9. The van der Waals surface area contributed by atoms with Crippen molar-refractivity contribution in [1.29, 1.82) is 0 Å². The van der Waals surface area contributed by atoms with Gasteiger partial charge in [-0.1, -0.05) is 60.3 Å². The Labute approximate surface area is 176 Å². The summed E-state index contributed by atoms with van der Waals surface area (Å²) in [6, 6.07) is 22.6. The summed E-state index contributed by atoms with van der Waals surface area (Å²) in [7, 11) is 0. The van der Waals surface area contributed by atoms with E-state index in [1.54, 1.807) is 18.2 Å². The number of hydrogen-bond donors (Lipinski definition) is 0. The highest BCUT2D eigenvalue weighted by Gasteiger charge is 2.13. The molecule has 0 saturated heterocycles. The first-order valence-corrected chi connectivity index (χ1v) is 10.1. The fraction of sp³-hybridized carbons (Fsp3) is 0.0870. The molecule has 0 fully saturated rings. The van der Waals surface area contributed by atoms with Gasteiger partial charge >= 0.3 is 6.61 Å². The molecular weight excluding hydrogens is 409 g/mol. The largest absolute Gasteiger partial charge is 0.435 e. The van der Waals surface area contributed by atoms with Crippen LogP contribution in [0.4, 0.5) is 13.2 Å². The topological polar surface area (TPSA) is 27.1 Å². The van der Waals surface area contributed by atoms with Gasteiger partial charge in [0.05, 0.1) is 11.4 Å². The number of thioether (sulfide) groups is 1. The zero-order valence-corrected chi connectivity index (χ0v) is 16.5. The quantitative estimate of drug-likeness (QED) is 0.313. The van der Waals surface area contributed by atoms with Crippen molar-refractivity contribution in [3.05, 3.63) is 96.4 Å². The first-order valence-electron chi connectivity index (χ1n) is 9.16. The predicted octanol–water partition coefficient (Wildman–Crippen LogP) is 6.57. The van der Waals surface area contributed by atoms with Crippen LogP contribution in [0.2, 0.25) is 0 Å². The van der Waals surface area contributed by atoms with Gasteiger partial charge in [-0.05, 0) is 35.9 Å². The van der Waals surface area contributed by atoms with Crippen LogP contribution >= 0.6 is 11.8 Å². The van der Waals surface area contributed by atoms with Crippen molar-refractivity contribution in [1.82, 2.24) is 9.55 Å². The van der Waals surface area contributed by atoms with E-state index < -0.39 is 6.61 Å². The van der Waals surface area contributed by atoms with Crippen LogP contribution in [0, 0.1) is 5.82 Å². The molecule has 3 aromatic carbocycles. The molecule has 4 aromatic rings. The van der Waals surface area contributed by atoms with Crippen LogP contribution in [0.25, 0.3) is 16.9 Å². The number of imidazole rings is 1. The van der Waals surface area contributed by atoms with E-state index in [0.717, 1.165) is 16.8 Å². The van der Waals surface area contributed by atoms with Crippen LogP contribution in [0.5, 0.6) is 5.75 Å². The smallest absolute Gasteiger partial charge is 0.387 e. The maximum atomic E-state index is 13.8. The summed E-state index contributed by atoms with van der Waals surface area (Å²) in [5.41, 5.74) is 3.34. The molecule has 0 saturated carbocycles. The van der Waals surface area contributed by atoms with Gasteiger partial charge in [-0.2, -0.15) is 8.78 Å². The molecular formula is C23H17F3N2OS. The fourth-order valence-corrected chi connectivity index (χ4v) is 3.89. The average Bonchev–Trinajstić information content (AvgIpc) is 3.18. The first-order chi connectivity index (χ1) is 14.6. The second-order valence-electron chi connectivity index (χ2n) is 6.44. The maximum Gasteiger partial charge on any atom is 0.387 e. The van der Waals surface area contributed by atoms with Gasteiger partial charge in [-0.15, -0.1) is 0 Å². The molecule has 0 radical (unpaired) electrons. The number of benzene rings is 3. The number of hydrogen-bond acceptors (Lipinski definition) is 3. The minimum atomic E-state index is -2.85. The fourth-order valence-electron chi connectivity index (χ4n) is 2.94. The normalized spacial score (nSPS) is 11.1. The Balaban J connectivity index is 1.60. The molecule has 7 heteroatoms. The lowest BCUT2D eigenvalue weighted by Crippen LogP contribution is -2.01. The summed E-state index contributed by atoms with van der Waals surface area (Å²) in [4.78, 5) is 4.74. The molecule has 1 aromatic heterocycles. The highest BCUT2D eigenvalue weighted by atomic mass is 32.2. The highest BCUT2D eigenvalue weighted by molar-refractivity contribution is 7.98. The van der Waals surface area contributed by atoms with E-state index in [2.05, 4.69) is 4.74 Å². The third-order valence-corrected chi connectivity index (χ3v) is 5.37.